The van der Waals surface area contributed by atoms with Crippen LogP contribution in [0.25, 0.3) is 0 Å². The smallest absolute Gasteiger partial charge is 0.236 e. The molecule has 0 spiro atoms. The lowest BCUT2D eigenvalue weighted by atomic mass is 10.2. The highest BCUT2D eigenvalue weighted by atomic mass is 16.5. The van der Waals surface area contributed by atoms with Crippen molar-refractivity contribution >= 4 is 5.91 Å². The predicted octanol–water partition coefficient (Wildman–Crippen LogP) is 0.772. The monoisotopic (exact) mass is 352 g/mol. The Kier molecular flexibility index (Phi) is 7.10. The van der Waals surface area contributed by atoms with Gasteiger partial charge in [-0.3, -0.25) is 14.6 Å². The van der Waals surface area contributed by atoms with E-state index in [0.29, 0.717) is 12.6 Å². The van der Waals surface area contributed by atoms with Crippen LogP contribution in [0.4, 0.5) is 0 Å². The van der Waals surface area contributed by atoms with Crippen LogP contribution in [0.2, 0.25) is 0 Å². The average Bonchev–Trinajstić information content (AvgIpc) is 3.24. The van der Waals surface area contributed by atoms with Crippen molar-refractivity contribution in [2.75, 3.05) is 59.0 Å². The number of hydrogen-bond acceptors (Lipinski definition) is 5. The normalized spacial score (nSPS) is 31.8. The number of carbonyl (C=O) groups excluding carboxylic acids is 1. The van der Waals surface area contributed by atoms with Gasteiger partial charge in [0.25, 0.3) is 0 Å². The van der Waals surface area contributed by atoms with Crippen LogP contribution in [0.3, 0.4) is 0 Å². The second kappa shape index (κ2) is 9.31. The first kappa shape index (κ1) is 19.1. The van der Waals surface area contributed by atoms with E-state index in [-0.39, 0.29) is 5.91 Å². The van der Waals surface area contributed by atoms with Gasteiger partial charge < -0.3 is 15.0 Å². The summed E-state index contributed by atoms with van der Waals surface area (Å²) in [5.41, 5.74) is 0. The molecule has 1 amide bonds. The molecule has 0 aromatic heterocycles. The average molecular weight is 353 g/mol. The molecule has 3 fully saturated rings. The lowest BCUT2D eigenvalue weighted by Gasteiger charge is -2.36. The molecule has 144 valence electrons. The minimum Gasteiger partial charge on any atom is -0.377 e. The molecule has 3 atom stereocenters. The zero-order valence-electron chi connectivity index (χ0n) is 16.1. The van der Waals surface area contributed by atoms with Crippen molar-refractivity contribution in [3.05, 3.63) is 0 Å². The van der Waals surface area contributed by atoms with Crippen LogP contribution in [-0.4, -0.2) is 97.8 Å². The molecule has 3 aliphatic rings. The molecule has 25 heavy (non-hydrogen) atoms. The number of ether oxygens (including phenoxy) is 1. The fourth-order valence-corrected chi connectivity index (χ4v) is 4.42. The third-order valence-electron chi connectivity index (χ3n) is 6.21. The van der Waals surface area contributed by atoms with E-state index in [0.717, 1.165) is 70.8 Å². The van der Waals surface area contributed by atoms with Crippen LogP contribution in [-0.2, 0) is 9.53 Å². The van der Waals surface area contributed by atoms with E-state index < -0.39 is 0 Å². The Bertz CT molecular complexity index is 410. The van der Waals surface area contributed by atoms with Crippen LogP contribution in [0, 0.1) is 0 Å². The summed E-state index contributed by atoms with van der Waals surface area (Å²) in [6, 6.07) is 1.46. The third-order valence-corrected chi connectivity index (χ3v) is 6.21. The molecule has 3 rings (SSSR count). The molecule has 0 radical (unpaired) electrons. The van der Waals surface area contributed by atoms with E-state index in [1.807, 2.05) is 4.90 Å². The summed E-state index contributed by atoms with van der Waals surface area (Å²) in [6.45, 7) is 12.9. The van der Waals surface area contributed by atoms with Gasteiger partial charge in [0.15, 0.2) is 0 Å². The molecule has 0 bridgehead atoms. The van der Waals surface area contributed by atoms with Crippen molar-refractivity contribution in [1.29, 1.82) is 0 Å². The lowest BCUT2D eigenvalue weighted by Crippen LogP contribution is -2.52. The highest BCUT2D eigenvalue weighted by Gasteiger charge is 2.28. The summed E-state index contributed by atoms with van der Waals surface area (Å²) in [6.07, 6.45) is 5.25. The van der Waals surface area contributed by atoms with Gasteiger partial charge in [0.1, 0.15) is 0 Å². The number of piperazine rings is 1. The van der Waals surface area contributed by atoms with Gasteiger partial charge in [-0.15, -0.1) is 0 Å². The highest BCUT2D eigenvalue weighted by molar-refractivity contribution is 5.78. The fourth-order valence-electron chi connectivity index (χ4n) is 4.42. The van der Waals surface area contributed by atoms with Gasteiger partial charge >= 0.3 is 0 Å². The molecule has 0 saturated carbocycles. The number of amides is 1. The molecule has 0 aromatic carbocycles. The van der Waals surface area contributed by atoms with Crippen LogP contribution >= 0.6 is 0 Å². The summed E-state index contributed by atoms with van der Waals surface area (Å²) in [4.78, 5) is 19.5. The summed E-state index contributed by atoms with van der Waals surface area (Å²) >= 11 is 0. The molecule has 3 aliphatic heterocycles. The van der Waals surface area contributed by atoms with Crippen molar-refractivity contribution in [3.63, 3.8) is 0 Å². The Labute approximate surface area is 152 Å². The first-order valence-electron chi connectivity index (χ1n) is 10.2. The number of nitrogens with zero attached hydrogens (tertiary/aromatic N) is 3. The largest absolute Gasteiger partial charge is 0.377 e. The SMILES string of the molecule is C[C@@H]1CC[C@H](C)N1CCN1CCN(C(=O)CNC[C@H]2CCCO2)CC1. The van der Waals surface area contributed by atoms with E-state index in [1.54, 1.807) is 0 Å². The van der Waals surface area contributed by atoms with E-state index in [4.69, 9.17) is 4.74 Å². The number of hydrogen-bond donors (Lipinski definition) is 1. The fraction of sp³-hybridized carbons (Fsp3) is 0.947. The Hall–Kier alpha value is -0.690. The number of likely N-dealkylation sites (tertiary alicyclic amines) is 1. The van der Waals surface area contributed by atoms with Crippen LogP contribution < -0.4 is 5.32 Å². The first-order chi connectivity index (χ1) is 12.1. The minimum absolute atomic E-state index is 0.236. The summed E-state index contributed by atoms with van der Waals surface area (Å²) < 4.78 is 5.58. The molecular weight excluding hydrogens is 316 g/mol. The quantitative estimate of drug-likeness (QED) is 0.733. The molecule has 0 unspecified atom stereocenters. The summed E-state index contributed by atoms with van der Waals surface area (Å²) in [7, 11) is 0. The summed E-state index contributed by atoms with van der Waals surface area (Å²) in [5.74, 6) is 0.236. The maximum atomic E-state index is 12.3. The van der Waals surface area contributed by atoms with E-state index in [2.05, 4.69) is 29.0 Å². The second-order valence-electron chi connectivity index (χ2n) is 8.00. The van der Waals surface area contributed by atoms with E-state index in [1.165, 1.54) is 19.4 Å². The number of nitrogens with one attached hydrogen (secondary N) is 1. The van der Waals surface area contributed by atoms with Gasteiger partial charge in [-0.05, 0) is 39.5 Å². The van der Waals surface area contributed by atoms with Crippen molar-refractivity contribution in [2.24, 2.45) is 0 Å². The van der Waals surface area contributed by atoms with Crippen molar-refractivity contribution in [1.82, 2.24) is 20.0 Å². The van der Waals surface area contributed by atoms with Gasteiger partial charge in [0, 0.05) is 64.5 Å². The maximum Gasteiger partial charge on any atom is 0.236 e. The van der Waals surface area contributed by atoms with Gasteiger partial charge in [0.05, 0.1) is 12.6 Å². The van der Waals surface area contributed by atoms with Gasteiger partial charge in [-0.25, -0.2) is 0 Å². The molecular formula is C19H36N4O2. The van der Waals surface area contributed by atoms with Crippen LogP contribution in [0.1, 0.15) is 39.5 Å². The second-order valence-corrected chi connectivity index (χ2v) is 8.00. The van der Waals surface area contributed by atoms with Gasteiger partial charge in [-0.2, -0.15) is 0 Å². The molecule has 3 heterocycles. The maximum absolute atomic E-state index is 12.3. The molecule has 6 nitrogen and oxygen atoms in total. The van der Waals surface area contributed by atoms with E-state index >= 15 is 0 Å². The van der Waals surface area contributed by atoms with E-state index in [9.17, 15) is 4.79 Å². The molecule has 0 aromatic rings. The predicted molar refractivity (Wildman–Crippen MR) is 99.7 cm³/mol. The van der Waals surface area contributed by atoms with Gasteiger partial charge in [0.2, 0.25) is 5.91 Å². The first-order valence-corrected chi connectivity index (χ1v) is 10.2. The molecule has 1 N–H and O–H groups in total. The van der Waals surface area contributed by atoms with Crippen LogP contribution in [0.15, 0.2) is 0 Å². The molecule has 0 aliphatic carbocycles. The molecule has 3 saturated heterocycles. The standard InChI is InChI=1S/C19H36N4O2/c1-16-5-6-17(2)23(16)12-9-21-7-10-22(11-8-21)19(24)15-20-14-18-4-3-13-25-18/h16-18,20H,3-15H2,1-2H3/t16-,17+,18-/m1/s1. The van der Waals surface area contributed by atoms with Crippen molar-refractivity contribution in [3.8, 4) is 0 Å². The Morgan fingerprint density at radius 1 is 1.04 bits per heavy atom. The molecule has 6 heteroatoms. The summed E-state index contributed by atoms with van der Waals surface area (Å²) in [5, 5.41) is 3.27. The highest BCUT2D eigenvalue weighted by Crippen LogP contribution is 2.22. The number of carbonyl (C=O) groups is 1. The topological polar surface area (TPSA) is 48.0 Å². The zero-order valence-corrected chi connectivity index (χ0v) is 16.1. The van der Waals surface area contributed by atoms with Crippen molar-refractivity contribution in [2.45, 2.75) is 57.7 Å². The van der Waals surface area contributed by atoms with Gasteiger partial charge in [-0.1, -0.05) is 0 Å². The zero-order chi connectivity index (χ0) is 17.6. The van der Waals surface area contributed by atoms with Crippen LogP contribution in [0.5, 0.6) is 0 Å². The lowest BCUT2D eigenvalue weighted by molar-refractivity contribution is -0.132. The Morgan fingerprint density at radius 2 is 1.76 bits per heavy atom. The Morgan fingerprint density at radius 3 is 2.40 bits per heavy atom. The minimum atomic E-state index is 0.236. The third kappa shape index (κ3) is 5.39. The Balaban J connectivity index is 1.29. The van der Waals surface area contributed by atoms with Crippen molar-refractivity contribution < 1.29 is 9.53 Å². The number of rotatable bonds is 7.